The number of nitrogens with zero attached hydrogens (tertiary/aromatic N) is 2. The first-order valence-corrected chi connectivity index (χ1v) is 11.0. The molecule has 0 aliphatic rings. The lowest BCUT2D eigenvalue weighted by Crippen LogP contribution is -2.09. The molecule has 3 aromatic carbocycles. The molecule has 174 valence electrons. The van der Waals surface area contributed by atoms with E-state index in [2.05, 4.69) is 9.97 Å². The van der Waals surface area contributed by atoms with E-state index in [0.29, 0.717) is 23.6 Å². The summed E-state index contributed by atoms with van der Waals surface area (Å²) in [4.78, 5) is 19.9. The number of aliphatic carboxylic acids is 1. The second-order valence-corrected chi connectivity index (χ2v) is 7.91. The summed E-state index contributed by atoms with van der Waals surface area (Å²) in [5.41, 5.74) is 5.02. The lowest BCUT2D eigenvalue weighted by Gasteiger charge is -2.09. The van der Waals surface area contributed by atoms with Crippen molar-refractivity contribution < 1.29 is 23.8 Å². The zero-order chi connectivity index (χ0) is 24.2. The average Bonchev–Trinajstić information content (AvgIpc) is 3.29. The predicted octanol–water partition coefficient (Wildman–Crippen LogP) is 5.62. The molecular weight excluding hydrogens is 444 g/mol. The second kappa shape index (κ2) is 9.69. The summed E-state index contributed by atoms with van der Waals surface area (Å²) in [7, 11) is 1.64. The third kappa shape index (κ3) is 4.70. The minimum atomic E-state index is -1.02. The fraction of sp³-hybridized carbons (Fsp3) is 0.107. The summed E-state index contributed by atoms with van der Waals surface area (Å²) in [5, 5.41) is 9.73. The van der Waals surface area contributed by atoms with E-state index in [1.807, 2.05) is 72.8 Å². The largest absolute Gasteiger partial charge is 0.497 e. The maximum Gasteiger partial charge on any atom is 0.341 e. The molecule has 7 nitrogen and oxygen atoms in total. The Labute approximate surface area is 201 Å². The number of ether oxygens (including phenoxy) is 2. The Balaban J connectivity index is 1.64. The highest BCUT2D eigenvalue weighted by atomic mass is 16.5. The number of benzene rings is 3. The van der Waals surface area contributed by atoms with Crippen molar-refractivity contribution in [3.8, 4) is 33.9 Å². The van der Waals surface area contributed by atoms with Crippen LogP contribution in [0.3, 0.4) is 0 Å². The maximum absolute atomic E-state index is 10.9. The van der Waals surface area contributed by atoms with Gasteiger partial charge in [0.05, 0.1) is 18.2 Å². The summed E-state index contributed by atoms with van der Waals surface area (Å²) in [5.74, 6) is 0.940. The SMILES string of the molecule is COc1ccc(-c2c(-c3ccccc3)oc3ncnc(Cc4cccc(OCC(=O)O)c4)c23)cc1. The lowest BCUT2D eigenvalue weighted by molar-refractivity contribution is -0.139. The van der Waals surface area contributed by atoms with E-state index in [9.17, 15) is 4.79 Å². The molecule has 0 fully saturated rings. The van der Waals surface area contributed by atoms with Crippen LogP contribution in [-0.2, 0) is 11.2 Å². The van der Waals surface area contributed by atoms with Gasteiger partial charge in [-0.25, -0.2) is 14.8 Å². The van der Waals surface area contributed by atoms with Gasteiger partial charge in [-0.3, -0.25) is 0 Å². The number of rotatable bonds is 8. The van der Waals surface area contributed by atoms with E-state index < -0.39 is 12.6 Å². The Morgan fingerprint density at radius 3 is 2.46 bits per heavy atom. The van der Waals surface area contributed by atoms with Crippen LogP contribution in [0.15, 0.2) is 89.6 Å². The second-order valence-electron chi connectivity index (χ2n) is 7.91. The van der Waals surface area contributed by atoms with Gasteiger partial charge in [-0.1, -0.05) is 54.6 Å². The molecule has 5 aromatic rings. The van der Waals surface area contributed by atoms with Crippen LogP contribution in [0.25, 0.3) is 33.6 Å². The van der Waals surface area contributed by atoms with E-state index in [4.69, 9.17) is 19.0 Å². The van der Waals surface area contributed by atoms with E-state index in [-0.39, 0.29) is 0 Å². The number of fused-ring (bicyclic) bond motifs is 1. The number of furan rings is 1. The molecule has 2 aromatic heterocycles. The van der Waals surface area contributed by atoms with Gasteiger partial charge in [-0.2, -0.15) is 0 Å². The number of carbonyl (C=O) groups is 1. The zero-order valence-corrected chi connectivity index (χ0v) is 19.0. The van der Waals surface area contributed by atoms with E-state index in [0.717, 1.165) is 39.1 Å². The predicted molar refractivity (Wildman–Crippen MR) is 132 cm³/mol. The van der Waals surface area contributed by atoms with E-state index in [1.165, 1.54) is 6.33 Å². The van der Waals surface area contributed by atoms with Crippen molar-refractivity contribution in [2.45, 2.75) is 6.42 Å². The van der Waals surface area contributed by atoms with Crippen LogP contribution < -0.4 is 9.47 Å². The average molecular weight is 466 g/mol. The van der Waals surface area contributed by atoms with Gasteiger partial charge in [0, 0.05) is 17.5 Å². The normalized spacial score (nSPS) is 10.9. The molecule has 0 aliphatic heterocycles. The Bertz CT molecular complexity index is 1480. The molecule has 5 rings (SSSR count). The van der Waals surface area contributed by atoms with Gasteiger partial charge in [-0.05, 0) is 35.4 Å². The van der Waals surface area contributed by atoms with Crippen LogP contribution in [-0.4, -0.2) is 34.8 Å². The quantitative estimate of drug-likeness (QED) is 0.317. The molecule has 2 heterocycles. The molecule has 0 saturated carbocycles. The molecule has 0 amide bonds. The van der Waals surface area contributed by atoms with Crippen molar-refractivity contribution in [3.63, 3.8) is 0 Å². The molecule has 0 radical (unpaired) electrons. The summed E-state index contributed by atoms with van der Waals surface area (Å²) >= 11 is 0. The number of carboxylic acids is 1. The molecule has 0 spiro atoms. The molecule has 1 N–H and O–H groups in total. The lowest BCUT2D eigenvalue weighted by atomic mass is 9.96. The highest BCUT2D eigenvalue weighted by Gasteiger charge is 2.22. The molecule has 0 bridgehead atoms. The number of hydrogen-bond donors (Lipinski definition) is 1. The Kier molecular flexibility index (Phi) is 6.13. The fourth-order valence-corrected chi connectivity index (χ4v) is 4.04. The number of aromatic nitrogens is 2. The highest BCUT2D eigenvalue weighted by molar-refractivity contribution is 6.01. The molecule has 0 aliphatic carbocycles. The van der Waals surface area contributed by atoms with Crippen molar-refractivity contribution in [3.05, 3.63) is 96.4 Å². The van der Waals surface area contributed by atoms with Crippen LogP contribution in [0.4, 0.5) is 0 Å². The number of methoxy groups -OCH3 is 1. The van der Waals surface area contributed by atoms with Gasteiger partial charge in [-0.15, -0.1) is 0 Å². The Morgan fingerprint density at radius 2 is 1.71 bits per heavy atom. The van der Waals surface area contributed by atoms with Crippen LogP contribution in [0, 0.1) is 0 Å². The van der Waals surface area contributed by atoms with E-state index >= 15 is 0 Å². The van der Waals surface area contributed by atoms with Crippen LogP contribution >= 0.6 is 0 Å². The first-order valence-electron chi connectivity index (χ1n) is 11.0. The summed E-state index contributed by atoms with van der Waals surface area (Å²) in [6.07, 6.45) is 1.98. The number of carboxylic acid groups (broad SMARTS) is 1. The van der Waals surface area contributed by atoms with Gasteiger partial charge in [0.25, 0.3) is 0 Å². The topological polar surface area (TPSA) is 94.7 Å². The molecule has 0 unspecified atom stereocenters. The fourth-order valence-electron chi connectivity index (χ4n) is 4.04. The molecular formula is C28H22N2O5. The van der Waals surface area contributed by atoms with Crippen molar-refractivity contribution in [1.29, 1.82) is 0 Å². The van der Waals surface area contributed by atoms with Crippen LogP contribution in [0.1, 0.15) is 11.3 Å². The third-order valence-corrected chi connectivity index (χ3v) is 5.61. The van der Waals surface area contributed by atoms with Gasteiger partial charge >= 0.3 is 5.97 Å². The Morgan fingerprint density at radius 1 is 0.914 bits per heavy atom. The van der Waals surface area contributed by atoms with Gasteiger partial charge in [0.2, 0.25) is 5.71 Å². The number of hydrogen-bond acceptors (Lipinski definition) is 6. The molecule has 35 heavy (non-hydrogen) atoms. The maximum atomic E-state index is 10.9. The minimum Gasteiger partial charge on any atom is -0.497 e. The first kappa shape index (κ1) is 22.2. The zero-order valence-electron chi connectivity index (χ0n) is 19.0. The smallest absolute Gasteiger partial charge is 0.341 e. The van der Waals surface area contributed by atoms with Crippen LogP contribution in [0.5, 0.6) is 11.5 Å². The summed E-state index contributed by atoms with van der Waals surface area (Å²) in [6.45, 7) is -0.398. The first-order chi connectivity index (χ1) is 17.1. The van der Waals surface area contributed by atoms with Crippen molar-refractivity contribution in [2.24, 2.45) is 0 Å². The standard InChI is InChI=1S/C28H22N2O5/c1-33-21-12-10-19(11-13-21)25-26-23(15-18-6-5-9-22(14-18)34-16-24(31)32)29-17-30-28(26)35-27(25)20-7-3-2-4-8-20/h2-14,17H,15-16H2,1H3,(H,31,32). The van der Waals surface area contributed by atoms with Crippen molar-refractivity contribution >= 4 is 17.1 Å². The van der Waals surface area contributed by atoms with Gasteiger partial charge in [0.1, 0.15) is 23.6 Å². The van der Waals surface area contributed by atoms with Gasteiger partial charge in [0.15, 0.2) is 6.61 Å². The van der Waals surface area contributed by atoms with Gasteiger partial charge < -0.3 is 19.0 Å². The van der Waals surface area contributed by atoms with Crippen molar-refractivity contribution in [2.75, 3.05) is 13.7 Å². The molecule has 7 heteroatoms. The Hall–Kier alpha value is -4.65. The third-order valence-electron chi connectivity index (χ3n) is 5.61. The summed E-state index contributed by atoms with van der Waals surface area (Å²) < 4.78 is 17.0. The highest BCUT2D eigenvalue weighted by Crippen LogP contribution is 2.42. The summed E-state index contributed by atoms with van der Waals surface area (Å²) in [6, 6.07) is 25.0. The van der Waals surface area contributed by atoms with Crippen molar-refractivity contribution in [1.82, 2.24) is 9.97 Å². The molecule has 0 atom stereocenters. The van der Waals surface area contributed by atoms with E-state index in [1.54, 1.807) is 13.2 Å². The minimum absolute atomic E-state index is 0.398. The van der Waals surface area contributed by atoms with Crippen LogP contribution in [0.2, 0.25) is 0 Å². The molecule has 0 saturated heterocycles. The monoisotopic (exact) mass is 466 g/mol.